The lowest BCUT2D eigenvalue weighted by molar-refractivity contribution is -0.387. The lowest BCUT2D eigenvalue weighted by Crippen LogP contribution is -2.44. The van der Waals surface area contributed by atoms with E-state index in [0.717, 1.165) is 12.1 Å². The standard InChI is InChI=1S/C12H15FN2O4S2/c1-8-5-10(13)11(15(16)17)6-12(8)21(18,19)14-3-4-20-7-9(14)2/h5-6,9H,3-4,7H2,1-2H3. The molecule has 2 rings (SSSR count). The van der Waals surface area contributed by atoms with E-state index in [1.165, 1.54) is 11.2 Å². The molecule has 9 heteroatoms. The maximum atomic E-state index is 13.5. The Hall–Kier alpha value is -1.19. The number of benzene rings is 1. The van der Waals surface area contributed by atoms with Gasteiger partial charge in [-0.05, 0) is 25.5 Å². The Labute approximate surface area is 126 Å². The summed E-state index contributed by atoms with van der Waals surface area (Å²) in [4.78, 5) is 9.69. The van der Waals surface area contributed by atoms with Crippen LogP contribution in [0.4, 0.5) is 10.1 Å². The summed E-state index contributed by atoms with van der Waals surface area (Å²) in [5, 5.41) is 10.8. The number of halogens is 1. The van der Waals surface area contributed by atoms with Crippen LogP contribution in [0.25, 0.3) is 0 Å². The molecule has 1 fully saturated rings. The fourth-order valence-corrected chi connectivity index (χ4v) is 5.34. The van der Waals surface area contributed by atoms with Crippen LogP contribution in [-0.4, -0.2) is 41.7 Å². The van der Waals surface area contributed by atoms with Gasteiger partial charge >= 0.3 is 5.69 Å². The van der Waals surface area contributed by atoms with Crippen LogP contribution in [0.5, 0.6) is 0 Å². The monoisotopic (exact) mass is 334 g/mol. The SMILES string of the molecule is Cc1cc(F)c([N+](=O)[O-])cc1S(=O)(=O)N1CCSCC1C. The second-order valence-corrected chi connectivity index (χ2v) is 7.87. The Morgan fingerprint density at radius 2 is 2.14 bits per heavy atom. The first-order valence-electron chi connectivity index (χ1n) is 6.29. The van der Waals surface area contributed by atoms with E-state index in [2.05, 4.69) is 0 Å². The van der Waals surface area contributed by atoms with Crippen molar-refractivity contribution in [3.63, 3.8) is 0 Å². The second kappa shape index (κ2) is 5.90. The van der Waals surface area contributed by atoms with Gasteiger partial charge in [0.15, 0.2) is 0 Å². The van der Waals surface area contributed by atoms with Gasteiger partial charge in [-0.25, -0.2) is 8.42 Å². The summed E-state index contributed by atoms with van der Waals surface area (Å²) in [5.41, 5.74) is -0.651. The number of rotatable bonds is 3. The molecule has 1 aromatic rings. The number of thioether (sulfide) groups is 1. The predicted octanol–water partition coefficient (Wildman–Crippen LogP) is 2.17. The minimum Gasteiger partial charge on any atom is -0.258 e. The summed E-state index contributed by atoms with van der Waals surface area (Å²) in [7, 11) is -3.87. The smallest absolute Gasteiger partial charge is 0.258 e. The second-order valence-electron chi connectivity index (χ2n) is 4.87. The molecule has 1 heterocycles. The summed E-state index contributed by atoms with van der Waals surface area (Å²) in [6.07, 6.45) is 0. The molecule has 0 saturated carbocycles. The third-order valence-corrected chi connectivity index (χ3v) is 6.68. The maximum absolute atomic E-state index is 13.5. The first-order chi connectivity index (χ1) is 9.75. The lowest BCUT2D eigenvalue weighted by Gasteiger charge is -2.32. The highest BCUT2D eigenvalue weighted by atomic mass is 32.2. The normalized spacial score (nSPS) is 20.4. The van der Waals surface area contributed by atoms with Crippen LogP contribution in [0.15, 0.2) is 17.0 Å². The molecular formula is C12H15FN2O4S2. The number of aryl methyl sites for hydroxylation is 1. The van der Waals surface area contributed by atoms with Gasteiger partial charge < -0.3 is 0 Å². The highest BCUT2D eigenvalue weighted by Gasteiger charge is 2.34. The molecule has 116 valence electrons. The summed E-state index contributed by atoms with van der Waals surface area (Å²) >= 11 is 1.66. The van der Waals surface area contributed by atoms with Gasteiger partial charge in [0.05, 0.1) is 9.82 Å². The van der Waals surface area contributed by atoms with Crippen molar-refractivity contribution in [3.8, 4) is 0 Å². The molecule has 1 atom stereocenters. The van der Waals surface area contributed by atoms with Crippen molar-refractivity contribution in [1.29, 1.82) is 0 Å². The minimum atomic E-state index is -3.87. The molecule has 0 aliphatic carbocycles. The largest absolute Gasteiger partial charge is 0.306 e. The number of hydrogen-bond acceptors (Lipinski definition) is 5. The Morgan fingerprint density at radius 3 is 2.71 bits per heavy atom. The quantitative estimate of drug-likeness (QED) is 0.625. The fraction of sp³-hybridized carbons (Fsp3) is 0.500. The van der Waals surface area contributed by atoms with Crippen molar-refractivity contribution in [1.82, 2.24) is 4.31 Å². The van der Waals surface area contributed by atoms with Gasteiger partial charge in [-0.3, -0.25) is 10.1 Å². The average Bonchev–Trinajstić information content (AvgIpc) is 2.38. The highest BCUT2D eigenvalue weighted by molar-refractivity contribution is 7.99. The van der Waals surface area contributed by atoms with Gasteiger partial charge in [-0.15, -0.1) is 0 Å². The van der Waals surface area contributed by atoms with E-state index in [1.807, 2.05) is 0 Å². The van der Waals surface area contributed by atoms with E-state index in [-0.39, 0.29) is 16.5 Å². The highest BCUT2D eigenvalue weighted by Crippen LogP contribution is 2.30. The zero-order valence-corrected chi connectivity index (χ0v) is 13.2. The molecule has 1 saturated heterocycles. The van der Waals surface area contributed by atoms with Crippen LogP contribution in [0.3, 0.4) is 0 Å². The van der Waals surface area contributed by atoms with Crippen LogP contribution < -0.4 is 0 Å². The molecule has 6 nitrogen and oxygen atoms in total. The van der Waals surface area contributed by atoms with Crippen LogP contribution in [0, 0.1) is 22.9 Å². The molecule has 0 spiro atoms. The summed E-state index contributed by atoms with van der Waals surface area (Å²) in [6, 6.07) is 1.51. The van der Waals surface area contributed by atoms with Gasteiger partial charge in [-0.1, -0.05) is 0 Å². The molecular weight excluding hydrogens is 319 g/mol. The molecule has 1 unspecified atom stereocenters. The van der Waals surface area contributed by atoms with Crippen molar-refractivity contribution < 1.29 is 17.7 Å². The van der Waals surface area contributed by atoms with E-state index < -0.39 is 26.5 Å². The first-order valence-corrected chi connectivity index (χ1v) is 8.88. The number of nitro benzene ring substituents is 1. The van der Waals surface area contributed by atoms with E-state index in [4.69, 9.17) is 0 Å². The number of sulfonamides is 1. The van der Waals surface area contributed by atoms with Crippen LogP contribution in [0.1, 0.15) is 12.5 Å². The van der Waals surface area contributed by atoms with Crippen LogP contribution in [-0.2, 0) is 10.0 Å². The summed E-state index contributed by atoms with van der Waals surface area (Å²) in [5.74, 6) is 0.312. The van der Waals surface area contributed by atoms with Crippen molar-refractivity contribution >= 4 is 27.5 Å². The Morgan fingerprint density at radius 1 is 1.48 bits per heavy atom. The Balaban J connectivity index is 2.54. The average molecular weight is 334 g/mol. The molecule has 0 N–H and O–H groups in total. The third-order valence-electron chi connectivity index (χ3n) is 3.33. The summed E-state index contributed by atoms with van der Waals surface area (Å²) in [6.45, 7) is 3.57. The van der Waals surface area contributed by atoms with E-state index in [9.17, 15) is 22.9 Å². The summed E-state index contributed by atoms with van der Waals surface area (Å²) < 4.78 is 40.2. The maximum Gasteiger partial charge on any atom is 0.306 e. The van der Waals surface area contributed by atoms with Gasteiger partial charge in [0, 0.05) is 30.2 Å². The van der Waals surface area contributed by atoms with Crippen molar-refractivity contribution in [3.05, 3.63) is 33.6 Å². The predicted molar refractivity (Wildman–Crippen MR) is 78.5 cm³/mol. The van der Waals surface area contributed by atoms with E-state index in [0.29, 0.717) is 18.1 Å². The van der Waals surface area contributed by atoms with Gasteiger partial charge in [-0.2, -0.15) is 20.5 Å². The van der Waals surface area contributed by atoms with E-state index in [1.54, 1.807) is 18.7 Å². The van der Waals surface area contributed by atoms with Crippen LogP contribution >= 0.6 is 11.8 Å². The third kappa shape index (κ3) is 3.04. The van der Waals surface area contributed by atoms with Gasteiger partial charge in [0.25, 0.3) is 0 Å². The first kappa shape index (κ1) is 16.2. The van der Waals surface area contributed by atoms with Crippen LogP contribution in [0.2, 0.25) is 0 Å². The number of nitrogens with zero attached hydrogens (tertiary/aromatic N) is 2. The number of nitro groups is 1. The zero-order valence-electron chi connectivity index (χ0n) is 11.6. The molecule has 0 radical (unpaired) electrons. The molecule has 1 aromatic carbocycles. The Kier molecular flexibility index (Phi) is 4.54. The van der Waals surface area contributed by atoms with Gasteiger partial charge in [0.1, 0.15) is 0 Å². The number of hydrogen-bond donors (Lipinski definition) is 0. The molecule has 0 bridgehead atoms. The van der Waals surface area contributed by atoms with Crippen molar-refractivity contribution in [2.24, 2.45) is 0 Å². The fourth-order valence-electron chi connectivity index (χ4n) is 2.26. The zero-order chi connectivity index (χ0) is 15.8. The Bertz CT molecular complexity index is 678. The minimum absolute atomic E-state index is 0.170. The molecule has 0 aromatic heterocycles. The topological polar surface area (TPSA) is 80.5 Å². The van der Waals surface area contributed by atoms with Gasteiger partial charge in [0.2, 0.25) is 15.8 Å². The lowest BCUT2D eigenvalue weighted by atomic mass is 10.2. The molecule has 0 amide bonds. The molecule has 1 aliphatic rings. The van der Waals surface area contributed by atoms with Crippen molar-refractivity contribution in [2.75, 3.05) is 18.1 Å². The van der Waals surface area contributed by atoms with E-state index >= 15 is 0 Å². The van der Waals surface area contributed by atoms with Crippen molar-refractivity contribution in [2.45, 2.75) is 24.8 Å². The molecule has 21 heavy (non-hydrogen) atoms. The molecule has 1 aliphatic heterocycles.